The van der Waals surface area contributed by atoms with Gasteiger partial charge in [0.1, 0.15) is 0 Å². The largest absolute Gasteiger partial charge is 0.481 e. The highest BCUT2D eigenvalue weighted by molar-refractivity contribution is 5.75. The molecule has 0 bridgehead atoms. The molecular formula is C14H26N2O2. The minimum Gasteiger partial charge on any atom is -0.481 e. The number of likely N-dealkylation sites (N-methyl/N-ethyl adjacent to an activating group) is 2. The number of carbonyl (C=O) groups is 1. The van der Waals surface area contributed by atoms with Gasteiger partial charge < -0.3 is 14.9 Å². The monoisotopic (exact) mass is 254 g/mol. The van der Waals surface area contributed by atoms with Gasteiger partial charge in [0.2, 0.25) is 0 Å². The van der Waals surface area contributed by atoms with Crippen molar-refractivity contribution in [3.8, 4) is 0 Å². The molecule has 2 rings (SSSR count). The van der Waals surface area contributed by atoms with E-state index in [0.717, 1.165) is 32.2 Å². The first-order valence-corrected chi connectivity index (χ1v) is 7.16. The number of hydrogen-bond acceptors (Lipinski definition) is 3. The molecule has 1 saturated heterocycles. The van der Waals surface area contributed by atoms with Crippen LogP contribution in [0.25, 0.3) is 0 Å². The molecule has 1 saturated carbocycles. The van der Waals surface area contributed by atoms with Crippen molar-refractivity contribution < 1.29 is 9.90 Å². The van der Waals surface area contributed by atoms with E-state index in [1.807, 2.05) is 0 Å². The standard InChI is InChI=1S/C14H26N2O2/c1-15(10-12-6-5-9-16(12)2)11-14(13(17)18)7-3-4-8-14/h12H,3-11H2,1-2H3,(H,17,18). The van der Waals surface area contributed by atoms with Gasteiger partial charge in [0, 0.05) is 19.1 Å². The maximum Gasteiger partial charge on any atom is 0.310 e. The molecule has 2 aliphatic rings. The number of hydrogen-bond donors (Lipinski definition) is 1. The number of rotatable bonds is 5. The molecule has 18 heavy (non-hydrogen) atoms. The van der Waals surface area contributed by atoms with Gasteiger partial charge in [-0.3, -0.25) is 4.79 Å². The summed E-state index contributed by atoms with van der Waals surface area (Å²) in [4.78, 5) is 16.2. The quantitative estimate of drug-likeness (QED) is 0.810. The maximum atomic E-state index is 11.5. The minimum absolute atomic E-state index is 0.466. The molecule has 1 aliphatic heterocycles. The van der Waals surface area contributed by atoms with Crippen LogP contribution in [-0.4, -0.2) is 60.6 Å². The molecule has 0 spiro atoms. The van der Waals surface area contributed by atoms with Crippen molar-refractivity contribution in [3.05, 3.63) is 0 Å². The molecule has 0 radical (unpaired) electrons. The summed E-state index contributed by atoms with van der Waals surface area (Å²) in [6.07, 6.45) is 6.38. The van der Waals surface area contributed by atoms with Crippen molar-refractivity contribution in [3.63, 3.8) is 0 Å². The fraction of sp³-hybridized carbons (Fsp3) is 0.929. The van der Waals surface area contributed by atoms with Crippen LogP contribution < -0.4 is 0 Å². The van der Waals surface area contributed by atoms with Crippen LogP contribution in [0, 0.1) is 5.41 Å². The van der Waals surface area contributed by atoms with Crippen LogP contribution in [0.1, 0.15) is 38.5 Å². The number of nitrogens with zero attached hydrogens (tertiary/aromatic N) is 2. The van der Waals surface area contributed by atoms with E-state index in [4.69, 9.17) is 0 Å². The van der Waals surface area contributed by atoms with Crippen LogP contribution in [0.2, 0.25) is 0 Å². The van der Waals surface area contributed by atoms with Crippen molar-refractivity contribution in [2.24, 2.45) is 5.41 Å². The minimum atomic E-state index is -0.591. The van der Waals surface area contributed by atoms with Gasteiger partial charge in [-0.15, -0.1) is 0 Å². The second-order valence-corrected chi connectivity index (χ2v) is 6.27. The van der Waals surface area contributed by atoms with Crippen molar-refractivity contribution in [2.75, 3.05) is 33.7 Å². The molecule has 1 aliphatic carbocycles. The Bertz CT molecular complexity index is 300. The van der Waals surface area contributed by atoms with Crippen LogP contribution in [0.5, 0.6) is 0 Å². The van der Waals surface area contributed by atoms with Crippen LogP contribution in [0.3, 0.4) is 0 Å². The lowest BCUT2D eigenvalue weighted by Crippen LogP contribution is -2.44. The van der Waals surface area contributed by atoms with Gasteiger partial charge in [-0.2, -0.15) is 0 Å². The average molecular weight is 254 g/mol. The third-order valence-corrected chi connectivity index (χ3v) is 4.78. The van der Waals surface area contributed by atoms with Gasteiger partial charge in [0.05, 0.1) is 5.41 Å². The molecule has 1 unspecified atom stereocenters. The van der Waals surface area contributed by atoms with E-state index < -0.39 is 11.4 Å². The second kappa shape index (κ2) is 5.57. The lowest BCUT2D eigenvalue weighted by Gasteiger charge is -2.32. The van der Waals surface area contributed by atoms with Crippen LogP contribution in [0.4, 0.5) is 0 Å². The summed E-state index contributed by atoms with van der Waals surface area (Å²) >= 11 is 0. The Balaban J connectivity index is 1.89. The lowest BCUT2D eigenvalue weighted by atomic mass is 9.85. The maximum absolute atomic E-state index is 11.5. The van der Waals surface area contributed by atoms with Gasteiger partial charge in [-0.1, -0.05) is 12.8 Å². The Hall–Kier alpha value is -0.610. The molecule has 104 valence electrons. The average Bonchev–Trinajstić information content (AvgIpc) is 2.90. The first-order chi connectivity index (χ1) is 8.53. The highest BCUT2D eigenvalue weighted by atomic mass is 16.4. The highest BCUT2D eigenvalue weighted by Crippen LogP contribution is 2.39. The topological polar surface area (TPSA) is 43.8 Å². The molecule has 1 heterocycles. The summed E-state index contributed by atoms with van der Waals surface area (Å²) in [5.74, 6) is -0.591. The number of likely N-dealkylation sites (tertiary alicyclic amines) is 1. The summed E-state index contributed by atoms with van der Waals surface area (Å²) in [5, 5.41) is 9.49. The Labute approximate surface area is 110 Å². The Morgan fingerprint density at radius 3 is 2.56 bits per heavy atom. The van der Waals surface area contributed by atoms with E-state index in [1.165, 1.54) is 19.4 Å². The zero-order chi connectivity index (χ0) is 13.2. The Kier molecular flexibility index (Phi) is 4.28. The zero-order valence-electron chi connectivity index (χ0n) is 11.7. The zero-order valence-corrected chi connectivity index (χ0v) is 11.7. The van der Waals surface area contributed by atoms with Gasteiger partial charge in [-0.05, 0) is 46.3 Å². The molecular weight excluding hydrogens is 228 g/mol. The van der Waals surface area contributed by atoms with E-state index in [0.29, 0.717) is 12.6 Å². The number of carboxylic acids is 1. The molecule has 4 nitrogen and oxygen atoms in total. The summed E-state index contributed by atoms with van der Waals surface area (Å²) < 4.78 is 0. The molecule has 1 N–H and O–H groups in total. The summed E-state index contributed by atoms with van der Waals surface area (Å²) in [7, 11) is 4.25. The highest BCUT2D eigenvalue weighted by Gasteiger charge is 2.42. The summed E-state index contributed by atoms with van der Waals surface area (Å²) in [5.41, 5.74) is -0.466. The van der Waals surface area contributed by atoms with Gasteiger partial charge in [-0.25, -0.2) is 0 Å². The predicted octanol–water partition coefficient (Wildman–Crippen LogP) is 1.66. The first-order valence-electron chi connectivity index (χ1n) is 7.16. The Morgan fingerprint density at radius 2 is 2.06 bits per heavy atom. The van der Waals surface area contributed by atoms with Crippen molar-refractivity contribution >= 4 is 5.97 Å². The third kappa shape index (κ3) is 2.86. The second-order valence-electron chi connectivity index (χ2n) is 6.27. The number of carboxylic acid groups (broad SMARTS) is 1. The van der Waals surface area contributed by atoms with E-state index in [2.05, 4.69) is 23.9 Å². The van der Waals surface area contributed by atoms with Crippen LogP contribution in [0.15, 0.2) is 0 Å². The van der Waals surface area contributed by atoms with Gasteiger partial charge in [0.25, 0.3) is 0 Å². The molecule has 0 aromatic heterocycles. The fourth-order valence-electron chi connectivity index (χ4n) is 3.64. The van der Waals surface area contributed by atoms with Crippen molar-refractivity contribution in [1.29, 1.82) is 0 Å². The van der Waals surface area contributed by atoms with Crippen molar-refractivity contribution in [2.45, 2.75) is 44.6 Å². The van der Waals surface area contributed by atoms with Gasteiger partial charge in [0.15, 0.2) is 0 Å². The Morgan fingerprint density at radius 1 is 1.39 bits per heavy atom. The van der Waals surface area contributed by atoms with Crippen molar-refractivity contribution in [1.82, 2.24) is 9.80 Å². The first kappa shape index (κ1) is 13.8. The summed E-state index contributed by atoms with van der Waals surface area (Å²) in [6.45, 7) is 2.90. The molecule has 1 atom stereocenters. The summed E-state index contributed by atoms with van der Waals surface area (Å²) in [6, 6.07) is 0.613. The van der Waals surface area contributed by atoms with E-state index in [1.54, 1.807) is 0 Å². The molecule has 2 fully saturated rings. The predicted molar refractivity (Wildman–Crippen MR) is 71.7 cm³/mol. The molecule has 0 aromatic rings. The van der Waals surface area contributed by atoms with E-state index >= 15 is 0 Å². The lowest BCUT2D eigenvalue weighted by molar-refractivity contribution is -0.149. The van der Waals surface area contributed by atoms with E-state index in [9.17, 15) is 9.90 Å². The molecule has 0 aromatic carbocycles. The van der Waals surface area contributed by atoms with Crippen LogP contribution >= 0.6 is 0 Å². The molecule has 0 amide bonds. The number of aliphatic carboxylic acids is 1. The third-order valence-electron chi connectivity index (χ3n) is 4.78. The SMILES string of the molecule is CN(CC1CCCN1C)CC1(C(=O)O)CCCC1. The smallest absolute Gasteiger partial charge is 0.310 e. The van der Waals surface area contributed by atoms with Crippen LogP contribution in [-0.2, 0) is 4.79 Å². The molecule has 4 heteroatoms. The normalized spacial score (nSPS) is 28.1. The van der Waals surface area contributed by atoms with Gasteiger partial charge >= 0.3 is 5.97 Å². The van der Waals surface area contributed by atoms with E-state index in [-0.39, 0.29) is 0 Å². The fourth-order valence-corrected chi connectivity index (χ4v) is 3.64.